The lowest BCUT2D eigenvalue weighted by atomic mass is 10.0. The van der Waals surface area contributed by atoms with Crippen molar-refractivity contribution < 1.29 is 4.79 Å². The first-order valence-electron chi connectivity index (χ1n) is 6.15. The third-order valence-corrected chi connectivity index (χ3v) is 3.55. The van der Waals surface area contributed by atoms with E-state index in [0.29, 0.717) is 0 Å². The van der Waals surface area contributed by atoms with Crippen LogP contribution in [0, 0.1) is 0 Å². The van der Waals surface area contributed by atoms with Crippen LogP contribution in [0.5, 0.6) is 0 Å². The summed E-state index contributed by atoms with van der Waals surface area (Å²) in [6.45, 7) is 3.74. The van der Waals surface area contributed by atoms with Crippen LogP contribution in [0.3, 0.4) is 0 Å². The Morgan fingerprint density at radius 1 is 1.24 bits per heavy atom. The van der Waals surface area contributed by atoms with Gasteiger partial charge in [0.25, 0.3) is 0 Å². The minimum Gasteiger partial charge on any atom is -0.324 e. The van der Waals surface area contributed by atoms with E-state index in [1.807, 2.05) is 19.9 Å². The molecule has 92 valence electrons. The van der Waals surface area contributed by atoms with Crippen molar-refractivity contribution in [1.82, 2.24) is 5.32 Å². The summed E-state index contributed by atoms with van der Waals surface area (Å²) in [4.78, 5) is 12.0. The lowest BCUT2D eigenvalue weighted by molar-refractivity contribution is -0.121. The Labute approximate surface area is 103 Å². The average molecular weight is 232 g/mol. The number of aryl methyl sites for hydroxylation is 2. The van der Waals surface area contributed by atoms with E-state index in [9.17, 15) is 4.79 Å². The Morgan fingerprint density at radius 3 is 2.65 bits per heavy atom. The third kappa shape index (κ3) is 2.50. The molecule has 0 bridgehead atoms. The molecular weight excluding hydrogens is 212 g/mol. The minimum absolute atomic E-state index is 0.00190. The molecule has 0 unspecified atom stereocenters. The third-order valence-electron chi connectivity index (χ3n) is 3.55. The van der Waals surface area contributed by atoms with Crippen LogP contribution in [0.4, 0.5) is 5.69 Å². The normalized spacial score (nSPS) is 14.5. The lowest BCUT2D eigenvalue weighted by Gasteiger charge is -2.22. The Hall–Kier alpha value is -1.35. The first-order chi connectivity index (χ1) is 8.03. The number of likely N-dealkylation sites (N-methyl/N-ethyl adjacent to an activating group) is 1. The molecular formula is C14H20N2O. The molecule has 3 nitrogen and oxygen atoms in total. The number of carbonyl (C=O) groups excluding carboxylic acids is 1. The van der Waals surface area contributed by atoms with E-state index >= 15 is 0 Å². The van der Waals surface area contributed by atoms with Crippen LogP contribution >= 0.6 is 0 Å². The summed E-state index contributed by atoms with van der Waals surface area (Å²) in [6, 6.07) is 6.23. The van der Waals surface area contributed by atoms with Gasteiger partial charge in [-0.15, -0.1) is 0 Å². The highest BCUT2D eigenvalue weighted by molar-refractivity contribution is 5.97. The van der Waals surface area contributed by atoms with E-state index in [1.54, 1.807) is 7.05 Å². The Balaban J connectivity index is 2.12. The van der Waals surface area contributed by atoms with Crippen molar-refractivity contribution in [2.75, 3.05) is 12.4 Å². The van der Waals surface area contributed by atoms with Gasteiger partial charge in [0.05, 0.1) is 5.54 Å². The standard InChI is InChI=1S/C14H20N2O/c1-14(2,15-3)13(17)16-12-8-7-10-5-4-6-11(10)9-12/h7-9,15H,4-6H2,1-3H3,(H,16,17). The molecule has 0 aromatic heterocycles. The molecule has 0 spiro atoms. The van der Waals surface area contributed by atoms with E-state index in [2.05, 4.69) is 22.8 Å². The van der Waals surface area contributed by atoms with Gasteiger partial charge in [-0.3, -0.25) is 4.79 Å². The molecule has 0 saturated carbocycles. The topological polar surface area (TPSA) is 41.1 Å². The summed E-state index contributed by atoms with van der Waals surface area (Å²) in [6.07, 6.45) is 3.54. The fourth-order valence-electron chi connectivity index (χ4n) is 2.05. The first kappa shape index (κ1) is 12.1. The molecule has 3 heteroatoms. The molecule has 2 rings (SSSR count). The Morgan fingerprint density at radius 2 is 1.94 bits per heavy atom. The van der Waals surface area contributed by atoms with Crippen LogP contribution in [-0.4, -0.2) is 18.5 Å². The summed E-state index contributed by atoms with van der Waals surface area (Å²) in [5.74, 6) is -0.00190. The highest BCUT2D eigenvalue weighted by Gasteiger charge is 2.25. The predicted molar refractivity (Wildman–Crippen MR) is 70.2 cm³/mol. The lowest BCUT2D eigenvalue weighted by Crippen LogP contribution is -2.47. The maximum atomic E-state index is 12.0. The van der Waals surface area contributed by atoms with Gasteiger partial charge in [-0.1, -0.05) is 6.07 Å². The predicted octanol–water partition coefficient (Wildman–Crippen LogP) is 2.11. The molecule has 0 atom stereocenters. The maximum Gasteiger partial charge on any atom is 0.244 e. The van der Waals surface area contributed by atoms with E-state index in [1.165, 1.54) is 24.0 Å². The van der Waals surface area contributed by atoms with Gasteiger partial charge in [-0.25, -0.2) is 0 Å². The molecule has 1 aliphatic carbocycles. The number of hydrogen-bond donors (Lipinski definition) is 2. The smallest absolute Gasteiger partial charge is 0.244 e. The van der Waals surface area contributed by atoms with Gasteiger partial charge < -0.3 is 10.6 Å². The van der Waals surface area contributed by atoms with Crippen molar-refractivity contribution in [1.29, 1.82) is 0 Å². The van der Waals surface area contributed by atoms with Gasteiger partial charge in [0, 0.05) is 5.69 Å². The van der Waals surface area contributed by atoms with Crippen LogP contribution in [0.2, 0.25) is 0 Å². The molecule has 1 aliphatic rings. The summed E-state index contributed by atoms with van der Waals surface area (Å²) in [7, 11) is 1.79. The second-order valence-electron chi connectivity index (χ2n) is 5.17. The second kappa shape index (κ2) is 4.49. The molecule has 2 N–H and O–H groups in total. The number of nitrogens with one attached hydrogen (secondary N) is 2. The van der Waals surface area contributed by atoms with Crippen LogP contribution in [0.1, 0.15) is 31.4 Å². The second-order valence-corrected chi connectivity index (χ2v) is 5.17. The summed E-state index contributed by atoms with van der Waals surface area (Å²) >= 11 is 0. The largest absolute Gasteiger partial charge is 0.324 e. The van der Waals surface area contributed by atoms with E-state index in [4.69, 9.17) is 0 Å². The number of anilines is 1. The molecule has 0 aliphatic heterocycles. The number of fused-ring (bicyclic) bond motifs is 1. The van der Waals surface area contributed by atoms with Gasteiger partial charge in [0.15, 0.2) is 0 Å². The van der Waals surface area contributed by atoms with Gasteiger partial charge in [0.2, 0.25) is 5.91 Å². The summed E-state index contributed by atoms with van der Waals surface area (Å²) in [5.41, 5.74) is 3.17. The van der Waals surface area contributed by atoms with Gasteiger partial charge in [-0.05, 0) is 63.4 Å². The van der Waals surface area contributed by atoms with Gasteiger partial charge in [-0.2, -0.15) is 0 Å². The maximum absolute atomic E-state index is 12.0. The van der Waals surface area contributed by atoms with Crippen molar-refractivity contribution in [3.05, 3.63) is 29.3 Å². The van der Waals surface area contributed by atoms with Gasteiger partial charge >= 0.3 is 0 Å². The molecule has 0 saturated heterocycles. The number of carbonyl (C=O) groups is 1. The SMILES string of the molecule is CNC(C)(C)C(=O)Nc1ccc2c(c1)CCC2. The first-order valence-corrected chi connectivity index (χ1v) is 6.15. The zero-order valence-corrected chi connectivity index (χ0v) is 10.8. The van der Waals surface area contributed by atoms with Crippen LogP contribution in [0.15, 0.2) is 18.2 Å². The highest BCUT2D eigenvalue weighted by atomic mass is 16.2. The Kier molecular flexibility index (Phi) is 3.20. The molecule has 0 radical (unpaired) electrons. The van der Waals surface area contributed by atoms with Crippen molar-refractivity contribution in [2.24, 2.45) is 0 Å². The number of hydrogen-bond acceptors (Lipinski definition) is 2. The van der Waals surface area contributed by atoms with Crippen molar-refractivity contribution >= 4 is 11.6 Å². The molecule has 1 aromatic carbocycles. The van der Waals surface area contributed by atoms with Gasteiger partial charge in [0.1, 0.15) is 0 Å². The Bertz CT molecular complexity index is 438. The molecule has 0 fully saturated rings. The van der Waals surface area contributed by atoms with Crippen molar-refractivity contribution in [2.45, 2.75) is 38.6 Å². The average Bonchev–Trinajstić information content (AvgIpc) is 2.76. The van der Waals surface area contributed by atoms with Crippen LogP contribution < -0.4 is 10.6 Å². The van der Waals surface area contributed by atoms with Crippen LogP contribution in [0.25, 0.3) is 0 Å². The summed E-state index contributed by atoms with van der Waals surface area (Å²) in [5, 5.41) is 5.96. The zero-order valence-electron chi connectivity index (χ0n) is 10.8. The number of amides is 1. The molecule has 1 aromatic rings. The molecule has 17 heavy (non-hydrogen) atoms. The molecule has 0 heterocycles. The quantitative estimate of drug-likeness (QED) is 0.838. The monoisotopic (exact) mass is 232 g/mol. The van der Waals surface area contributed by atoms with E-state index < -0.39 is 5.54 Å². The van der Waals surface area contributed by atoms with E-state index in [-0.39, 0.29) is 5.91 Å². The fraction of sp³-hybridized carbons (Fsp3) is 0.500. The van der Waals surface area contributed by atoms with Crippen molar-refractivity contribution in [3.8, 4) is 0 Å². The number of rotatable bonds is 3. The molecule has 1 amide bonds. The van der Waals surface area contributed by atoms with Crippen molar-refractivity contribution in [3.63, 3.8) is 0 Å². The fourth-order valence-corrected chi connectivity index (χ4v) is 2.05. The minimum atomic E-state index is -0.543. The van der Waals surface area contributed by atoms with E-state index in [0.717, 1.165) is 12.1 Å². The highest BCUT2D eigenvalue weighted by Crippen LogP contribution is 2.25. The van der Waals surface area contributed by atoms with Crippen LogP contribution in [-0.2, 0) is 17.6 Å². The zero-order chi connectivity index (χ0) is 12.5. The summed E-state index contributed by atoms with van der Waals surface area (Å²) < 4.78 is 0. The number of benzene rings is 1.